The molecule has 58 heavy (non-hydrogen) atoms. The van der Waals surface area contributed by atoms with Crippen LogP contribution < -0.4 is 15.0 Å². The summed E-state index contributed by atoms with van der Waals surface area (Å²) in [5.74, 6) is 1.19. The zero-order valence-electron chi connectivity index (χ0n) is 34.1. The largest absolute Gasteiger partial charge is 0.493 e. The minimum atomic E-state index is -0.721. The number of carbonyl (C=O) groups excluding carboxylic acids is 3. The average Bonchev–Trinajstić information content (AvgIpc) is 3.63. The van der Waals surface area contributed by atoms with Crippen LogP contribution in [0.3, 0.4) is 0 Å². The van der Waals surface area contributed by atoms with Gasteiger partial charge in [0.1, 0.15) is 17.2 Å². The van der Waals surface area contributed by atoms with Gasteiger partial charge in [0.2, 0.25) is 0 Å². The number of carbonyl (C=O) groups is 3. The van der Waals surface area contributed by atoms with E-state index in [1.54, 1.807) is 0 Å². The van der Waals surface area contributed by atoms with Gasteiger partial charge in [0.15, 0.2) is 10.8 Å². The highest BCUT2D eigenvalue weighted by molar-refractivity contribution is 7.22. The lowest BCUT2D eigenvalue weighted by Gasteiger charge is -2.31. The van der Waals surface area contributed by atoms with Crippen LogP contribution in [0.2, 0.25) is 0 Å². The fourth-order valence-electron chi connectivity index (χ4n) is 7.86. The fraction of sp³-hybridized carbons (Fsp3) is 0.413. The van der Waals surface area contributed by atoms with Crippen molar-refractivity contribution in [2.45, 2.75) is 78.4 Å². The van der Waals surface area contributed by atoms with E-state index in [0.717, 1.165) is 89.8 Å². The molecule has 2 aliphatic rings. The summed E-state index contributed by atoms with van der Waals surface area (Å²) in [6, 6.07) is 23.5. The third-order valence-corrected chi connectivity index (χ3v) is 11.9. The number of amides is 1. The molecule has 0 spiro atoms. The lowest BCUT2D eigenvalue weighted by molar-refractivity contribution is -0.142. The number of thiazole rings is 1. The molecule has 4 heterocycles. The molecule has 0 aliphatic carbocycles. The van der Waals surface area contributed by atoms with E-state index in [0.29, 0.717) is 54.2 Å². The number of anilines is 2. The first kappa shape index (κ1) is 40.9. The van der Waals surface area contributed by atoms with Gasteiger partial charge in [-0.1, -0.05) is 54.2 Å². The summed E-state index contributed by atoms with van der Waals surface area (Å²) in [6.07, 6.45) is 6.08. The number of hydrogen-bond donors (Lipinski definition) is 1. The van der Waals surface area contributed by atoms with Crippen molar-refractivity contribution in [3.05, 3.63) is 101 Å². The highest BCUT2D eigenvalue weighted by Gasteiger charge is 2.28. The second kappa shape index (κ2) is 18.1. The summed E-state index contributed by atoms with van der Waals surface area (Å²) in [5, 5.41) is 3.58. The maximum absolute atomic E-state index is 13.9. The summed E-state index contributed by atoms with van der Waals surface area (Å²) in [5.41, 5.74) is 5.46. The number of nitrogens with one attached hydrogen (secondary N) is 1. The highest BCUT2D eigenvalue weighted by Crippen LogP contribution is 2.36. The van der Waals surface area contributed by atoms with Crippen LogP contribution in [0.5, 0.6) is 5.75 Å². The SMILES string of the molecule is COC(=O)CN1CCC(CCCCOc2cccc(-c3ccc(N4CCc5cccc(C(=O)Nc6nc7ccccc7s6)c5C4)nc3C(=O)OC(C)(C)C)c2C)CC1. The Morgan fingerprint density at radius 3 is 2.47 bits per heavy atom. The van der Waals surface area contributed by atoms with Gasteiger partial charge in [-0.05, 0) is 137 Å². The Hall–Kier alpha value is -5.33. The van der Waals surface area contributed by atoms with Crippen LogP contribution in [0.1, 0.15) is 90.4 Å². The van der Waals surface area contributed by atoms with Crippen molar-refractivity contribution in [3.8, 4) is 16.9 Å². The molecule has 0 unspecified atom stereocenters. The molecule has 12 heteroatoms. The van der Waals surface area contributed by atoms with E-state index in [-0.39, 0.29) is 17.6 Å². The van der Waals surface area contributed by atoms with Crippen molar-refractivity contribution < 1.29 is 28.6 Å². The standard InChI is InChI=1S/C46H53N5O6S/c1-30-33(14-11-17-38(30)56-27-9-8-12-31-21-24-50(25-22-31)29-41(52)55-5)34-19-20-40(48-42(34)44(54)57-46(2,3)4)51-26-23-32-13-10-15-35(36(32)28-51)43(53)49-45-47-37-16-6-7-18-39(37)58-45/h6-7,10-11,13-20,31H,8-9,12,21-29H2,1-5H3,(H,47,49,53). The van der Waals surface area contributed by atoms with Crippen LogP contribution in [0.25, 0.3) is 21.3 Å². The van der Waals surface area contributed by atoms with Gasteiger partial charge in [0.05, 0.1) is 30.5 Å². The zero-order valence-corrected chi connectivity index (χ0v) is 35.0. The minimum absolute atomic E-state index is 0.173. The van der Waals surface area contributed by atoms with E-state index in [2.05, 4.69) is 26.2 Å². The molecule has 1 amide bonds. The number of likely N-dealkylation sites (tertiary alicyclic amines) is 1. The first-order valence-electron chi connectivity index (χ1n) is 20.2. The molecule has 5 aromatic rings. The number of para-hydroxylation sites is 1. The number of esters is 2. The fourth-order valence-corrected chi connectivity index (χ4v) is 8.72. The molecule has 1 N–H and O–H groups in total. The number of piperidine rings is 1. The topological polar surface area (TPSA) is 123 Å². The number of fused-ring (bicyclic) bond motifs is 2. The Morgan fingerprint density at radius 2 is 1.69 bits per heavy atom. The summed E-state index contributed by atoms with van der Waals surface area (Å²) >= 11 is 1.45. The maximum Gasteiger partial charge on any atom is 0.358 e. The van der Waals surface area contributed by atoms with Crippen LogP contribution in [-0.4, -0.2) is 78.2 Å². The van der Waals surface area contributed by atoms with E-state index >= 15 is 0 Å². The smallest absolute Gasteiger partial charge is 0.358 e. The van der Waals surface area contributed by atoms with Gasteiger partial charge in [-0.25, -0.2) is 14.8 Å². The lowest BCUT2D eigenvalue weighted by atomic mass is 9.91. The molecular formula is C46H53N5O6S. The van der Waals surface area contributed by atoms with Crippen LogP contribution in [0, 0.1) is 12.8 Å². The van der Waals surface area contributed by atoms with Gasteiger partial charge in [-0.3, -0.25) is 19.8 Å². The number of ether oxygens (including phenoxy) is 3. The third kappa shape index (κ3) is 9.85. The molecule has 1 fully saturated rings. The maximum atomic E-state index is 13.9. The third-order valence-electron chi connectivity index (χ3n) is 11.0. The van der Waals surface area contributed by atoms with Crippen LogP contribution in [0.4, 0.5) is 10.9 Å². The van der Waals surface area contributed by atoms with Crippen LogP contribution in [-0.2, 0) is 27.2 Å². The van der Waals surface area contributed by atoms with Gasteiger partial charge in [0, 0.05) is 24.2 Å². The Balaban J connectivity index is 1.05. The molecule has 1 saturated heterocycles. The second-order valence-corrected chi connectivity index (χ2v) is 17.2. The van der Waals surface area contributed by atoms with Crippen molar-refractivity contribution in [2.75, 3.05) is 50.1 Å². The predicted molar refractivity (Wildman–Crippen MR) is 229 cm³/mol. The molecule has 2 aromatic heterocycles. The number of pyridine rings is 1. The van der Waals surface area contributed by atoms with E-state index in [9.17, 15) is 14.4 Å². The number of benzene rings is 3. The number of aromatic nitrogens is 2. The number of hydrogen-bond acceptors (Lipinski definition) is 11. The number of nitrogens with zero attached hydrogens (tertiary/aromatic N) is 4. The monoisotopic (exact) mass is 803 g/mol. The van der Waals surface area contributed by atoms with Crippen molar-refractivity contribution in [1.29, 1.82) is 0 Å². The molecule has 0 saturated carbocycles. The van der Waals surface area contributed by atoms with Gasteiger partial charge < -0.3 is 19.1 Å². The normalized spacial score (nSPS) is 14.9. The summed E-state index contributed by atoms with van der Waals surface area (Å²) in [4.78, 5) is 53.1. The number of unbranched alkanes of at least 4 members (excludes halogenated alkanes) is 1. The first-order chi connectivity index (χ1) is 28.0. The molecule has 3 aromatic carbocycles. The molecule has 0 radical (unpaired) electrons. The molecular weight excluding hydrogens is 751 g/mol. The quantitative estimate of drug-likeness (QED) is 0.0913. The van der Waals surface area contributed by atoms with E-state index in [4.69, 9.17) is 19.2 Å². The lowest BCUT2D eigenvalue weighted by Crippen LogP contribution is -2.37. The Labute approximate surface area is 344 Å². The number of rotatable bonds is 13. The molecule has 7 rings (SSSR count). The second-order valence-electron chi connectivity index (χ2n) is 16.2. The molecule has 2 aliphatic heterocycles. The van der Waals surface area contributed by atoms with Crippen molar-refractivity contribution in [2.24, 2.45) is 5.92 Å². The highest BCUT2D eigenvalue weighted by atomic mass is 32.1. The van der Waals surface area contributed by atoms with E-state index in [1.165, 1.54) is 18.4 Å². The summed E-state index contributed by atoms with van der Waals surface area (Å²) in [7, 11) is 1.44. The summed E-state index contributed by atoms with van der Waals surface area (Å²) in [6.45, 7) is 11.5. The average molecular weight is 804 g/mol. The Morgan fingerprint density at radius 1 is 0.897 bits per heavy atom. The molecule has 11 nitrogen and oxygen atoms in total. The van der Waals surface area contributed by atoms with E-state index in [1.807, 2.05) is 94.4 Å². The van der Waals surface area contributed by atoms with Gasteiger partial charge >= 0.3 is 11.9 Å². The van der Waals surface area contributed by atoms with Gasteiger partial charge in [-0.15, -0.1) is 0 Å². The Kier molecular flexibility index (Phi) is 12.7. The van der Waals surface area contributed by atoms with Crippen molar-refractivity contribution in [3.63, 3.8) is 0 Å². The molecule has 0 bridgehead atoms. The Bertz CT molecular complexity index is 2240. The van der Waals surface area contributed by atoms with Gasteiger partial charge in [-0.2, -0.15) is 0 Å². The van der Waals surface area contributed by atoms with Crippen molar-refractivity contribution >= 4 is 50.3 Å². The minimum Gasteiger partial charge on any atom is -0.493 e. The van der Waals surface area contributed by atoms with Gasteiger partial charge in [0.25, 0.3) is 5.91 Å². The van der Waals surface area contributed by atoms with Crippen molar-refractivity contribution in [1.82, 2.24) is 14.9 Å². The van der Waals surface area contributed by atoms with E-state index < -0.39 is 11.6 Å². The van der Waals surface area contributed by atoms with Crippen LogP contribution in [0.15, 0.2) is 72.8 Å². The summed E-state index contributed by atoms with van der Waals surface area (Å²) < 4.78 is 18.1. The van der Waals surface area contributed by atoms with Crippen LogP contribution >= 0.6 is 11.3 Å². The zero-order chi connectivity index (χ0) is 40.8. The molecule has 0 atom stereocenters. The first-order valence-corrected chi connectivity index (χ1v) is 21.1. The molecule has 304 valence electrons. The number of methoxy groups -OCH3 is 1. The predicted octanol–water partition coefficient (Wildman–Crippen LogP) is 8.87.